The molecule has 0 amide bonds. The Hall–Kier alpha value is -0.980. The van der Waals surface area contributed by atoms with Gasteiger partial charge in [0.15, 0.2) is 0 Å². The predicted octanol–water partition coefficient (Wildman–Crippen LogP) is 5.41. The van der Waals surface area contributed by atoms with E-state index in [1.807, 2.05) is 0 Å². The highest BCUT2D eigenvalue weighted by Gasteiger charge is 2.01. The van der Waals surface area contributed by atoms with E-state index in [1.165, 1.54) is 56.2 Å². The molecule has 0 aliphatic rings. The van der Waals surface area contributed by atoms with Crippen molar-refractivity contribution in [2.75, 3.05) is 5.32 Å². The molecule has 0 bridgehead atoms. The summed E-state index contributed by atoms with van der Waals surface area (Å²) in [6.45, 7) is 6.77. The van der Waals surface area contributed by atoms with Crippen LogP contribution in [0.15, 0.2) is 24.3 Å². The Morgan fingerprint density at radius 3 is 2.28 bits per heavy atom. The Bertz CT molecular complexity index is 302. The Morgan fingerprint density at radius 2 is 1.67 bits per heavy atom. The first-order chi connectivity index (χ1) is 8.76. The summed E-state index contributed by atoms with van der Waals surface area (Å²) in [6, 6.07) is 9.51. The standard InChI is InChI=1S/C17H29N/c1-4-6-7-8-10-15(3)18-17-13-11-16(9-5-2)12-14-17/h11-15,18H,4-10H2,1-3H3. The molecule has 0 aliphatic heterocycles. The van der Waals surface area contributed by atoms with Gasteiger partial charge < -0.3 is 5.32 Å². The lowest BCUT2D eigenvalue weighted by molar-refractivity contribution is 0.594. The first-order valence-corrected chi connectivity index (χ1v) is 7.61. The minimum atomic E-state index is 0.582. The fourth-order valence-electron chi connectivity index (χ4n) is 2.29. The molecule has 0 aliphatic carbocycles. The van der Waals surface area contributed by atoms with E-state index < -0.39 is 0 Å². The van der Waals surface area contributed by atoms with E-state index in [0.717, 1.165) is 0 Å². The molecule has 0 fully saturated rings. The van der Waals surface area contributed by atoms with Crippen molar-refractivity contribution in [3.8, 4) is 0 Å². The summed E-state index contributed by atoms with van der Waals surface area (Å²) in [5, 5.41) is 3.59. The monoisotopic (exact) mass is 247 g/mol. The Kier molecular flexibility index (Phi) is 7.55. The summed E-state index contributed by atoms with van der Waals surface area (Å²) in [5.74, 6) is 0. The first-order valence-electron chi connectivity index (χ1n) is 7.61. The van der Waals surface area contributed by atoms with Crippen molar-refractivity contribution in [3.63, 3.8) is 0 Å². The quantitative estimate of drug-likeness (QED) is 0.575. The number of rotatable bonds is 9. The number of anilines is 1. The zero-order chi connectivity index (χ0) is 13.2. The van der Waals surface area contributed by atoms with Gasteiger partial charge in [-0.2, -0.15) is 0 Å². The van der Waals surface area contributed by atoms with Gasteiger partial charge in [-0.3, -0.25) is 0 Å². The van der Waals surface area contributed by atoms with Gasteiger partial charge in [-0.1, -0.05) is 58.1 Å². The highest BCUT2D eigenvalue weighted by molar-refractivity contribution is 5.45. The summed E-state index contributed by atoms with van der Waals surface area (Å²) in [7, 11) is 0. The lowest BCUT2D eigenvalue weighted by Gasteiger charge is -2.15. The Balaban J connectivity index is 2.28. The van der Waals surface area contributed by atoms with Gasteiger partial charge in [0.2, 0.25) is 0 Å². The highest BCUT2D eigenvalue weighted by Crippen LogP contribution is 2.14. The fraction of sp³-hybridized carbons (Fsp3) is 0.647. The van der Waals surface area contributed by atoms with Crippen LogP contribution in [0.3, 0.4) is 0 Å². The molecule has 1 rings (SSSR count). The van der Waals surface area contributed by atoms with E-state index in [0.29, 0.717) is 6.04 Å². The van der Waals surface area contributed by atoms with Crippen LogP contribution >= 0.6 is 0 Å². The number of hydrogen-bond donors (Lipinski definition) is 1. The first kappa shape index (κ1) is 15.1. The lowest BCUT2D eigenvalue weighted by Crippen LogP contribution is -2.14. The van der Waals surface area contributed by atoms with Crippen LogP contribution in [0.4, 0.5) is 5.69 Å². The molecular formula is C17H29N. The largest absolute Gasteiger partial charge is 0.383 e. The Labute approximate surface area is 113 Å². The minimum absolute atomic E-state index is 0.582. The molecule has 1 aromatic carbocycles. The van der Waals surface area contributed by atoms with E-state index in [9.17, 15) is 0 Å². The fourth-order valence-corrected chi connectivity index (χ4v) is 2.29. The van der Waals surface area contributed by atoms with Crippen LogP contribution in [0, 0.1) is 0 Å². The van der Waals surface area contributed by atoms with Gasteiger partial charge in [0.1, 0.15) is 0 Å². The topological polar surface area (TPSA) is 12.0 Å². The maximum atomic E-state index is 3.59. The second kappa shape index (κ2) is 9.02. The summed E-state index contributed by atoms with van der Waals surface area (Å²) < 4.78 is 0. The molecule has 0 saturated carbocycles. The van der Waals surface area contributed by atoms with Crippen molar-refractivity contribution >= 4 is 5.69 Å². The van der Waals surface area contributed by atoms with Gasteiger partial charge in [-0.05, 0) is 37.5 Å². The van der Waals surface area contributed by atoms with E-state index in [-0.39, 0.29) is 0 Å². The van der Waals surface area contributed by atoms with Crippen molar-refractivity contribution in [3.05, 3.63) is 29.8 Å². The summed E-state index contributed by atoms with van der Waals surface area (Å²) in [4.78, 5) is 0. The molecule has 1 N–H and O–H groups in total. The number of nitrogens with one attached hydrogen (secondary N) is 1. The van der Waals surface area contributed by atoms with Crippen LogP contribution in [0.25, 0.3) is 0 Å². The maximum Gasteiger partial charge on any atom is 0.0342 e. The van der Waals surface area contributed by atoms with Crippen LogP contribution in [-0.4, -0.2) is 6.04 Å². The second-order valence-corrected chi connectivity index (χ2v) is 5.34. The third kappa shape index (κ3) is 6.09. The zero-order valence-corrected chi connectivity index (χ0v) is 12.3. The van der Waals surface area contributed by atoms with Gasteiger partial charge in [0, 0.05) is 11.7 Å². The van der Waals surface area contributed by atoms with Crippen LogP contribution in [0.1, 0.15) is 64.9 Å². The average molecular weight is 247 g/mol. The molecule has 1 unspecified atom stereocenters. The molecule has 1 atom stereocenters. The van der Waals surface area contributed by atoms with Crippen molar-refractivity contribution < 1.29 is 0 Å². The summed E-state index contributed by atoms with van der Waals surface area (Å²) in [6.07, 6.45) is 9.09. The lowest BCUT2D eigenvalue weighted by atomic mass is 10.1. The molecule has 0 aromatic heterocycles. The van der Waals surface area contributed by atoms with E-state index in [1.54, 1.807) is 0 Å². The zero-order valence-electron chi connectivity index (χ0n) is 12.3. The smallest absolute Gasteiger partial charge is 0.0342 e. The van der Waals surface area contributed by atoms with E-state index in [2.05, 4.69) is 50.4 Å². The normalized spacial score (nSPS) is 12.4. The average Bonchev–Trinajstić information content (AvgIpc) is 2.37. The second-order valence-electron chi connectivity index (χ2n) is 5.34. The van der Waals surface area contributed by atoms with Gasteiger partial charge in [0.25, 0.3) is 0 Å². The molecule has 1 heteroatoms. The number of hydrogen-bond acceptors (Lipinski definition) is 1. The van der Waals surface area contributed by atoms with Crippen LogP contribution in [0.5, 0.6) is 0 Å². The minimum Gasteiger partial charge on any atom is -0.383 e. The molecule has 0 spiro atoms. The van der Waals surface area contributed by atoms with Crippen molar-refractivity contribution in [2.45, 2.75) is 71.8 Å². The number of benzene rings is 1. The molecule has 0 saturated heterocycles. The van der Waals surface area contributed by atoms with Crippen molar-refractivity contribution in [2.24, 2.45) is 0 Å². The summed E-state index contributed by atoms with van der Waals surface area (Å²) in [5.41, 5.74) is 2.71. The van der Waals surface area contributed by atoms with E-state index in [4.69, 9.17) is 0 Å². The molecule has 0 radical (unpaired) electrons. The van der Waals surface area contributed by atoms with Crippen LogP contribution < -0.4 is 5.32 Å². The third-order valence-corrected chi connectivity index (χ3v) is 3.40. The van der Waals surface area contributed by atoms with Gasteiger partial charge >= 0.3 is 0 Å². The highest BCUT2D eigenvalue weighted by atomic mass is 14.9. The predicted molar refractivity (Wildman–Crippen MR) is 82.3 cm³/mol. The molecular weight excluding hydrogens is 218 g/mol. The van der Waals surface area contributed by atoms with Crippen molar-refractivity contribution in [1.29, 1.82) is 0 Å². The molecule has 1 aromatic rings. The van der Waals surface area contributed by atoms with Gasteiger partial charge in [-0.25, -0.2) is 0 Å². The van der Waals surface area contributed by atoms with Crippen LogP contribution in [-0.2, 0) is 6.42 Å². The van der Waals surface area contributed by atoms with Gasteiger partial charge in [-0.15, -0.1) is 0 Å². The third-order valence-electron chi connectivity index (χ3n) is 3.40. The number of unbranched alkanes of at least 4 members (excludes halogenated alkanes) is 3. The molecule has 102 valence electrons. The molecule has 1 nitrogen and oxygen atoms in total. The SMILES string of the molecule is CCCCCCC(C)Nc1ccc(CCC)cc1. The van der Waals surface area contributed by atoms with Crippen molar-refractivity contribution in [1.82, 2.24) is 0 Å². The molecule has 0 heterocycles. The van der Waals surface area contributed by atoms with E-state index >= 15 is 0 Å². The van der Waals surface area contributed by atoms with Gasteiger partial charge in [0.05, 0.1) is 0 Å². The molecule has 18 heavy (non-hydrogen) atoms. The Morgan fingerprint density at radius 1 is 0.944 bits per heavy atom. The maximum absolute atomic E-state index is 3.59. The summed E-state index contributed by atoms with van der Waals surface area (Å²) >= 11 is 0. The van der Waals surface area contributed by atoms with Crippen LogP contribution in [0.2, 0.25) is 0 Å². The number of aryl methyl sites for hydroxylation is 1.